The van der Waals surface area contributed by atoms with E-state index in [0.29, 0.717) is 0 Å². The molecular formula is C9H17N. The van der Waals surface area contributed by atoms with E-state index < -0.39 is 0 Å². The number of hydrogen-bond acceptors (Lipinski definition) is 1. The summed E-state index contributed by atoms with van der Waals surface area (Å²) in [6.45, 7) is 5.94. The van der Waals surface area contributed by atoms with Crippen molar-refractivity contribution in [2.45, 2.75) is 32.7 Å². The lowest BCUT2D eigenvalue weighted by molar-refractivity contribution is 0.315. The van der Waals surface area contributed by atoms with Gasteiger partial charge in [-0.05, 0) is 37.1 Å². The summed E-state index contributed by atoms with van der Waals surface area (Å²) >= 11 is 0. The van der Waals surface area contributed by atoms with Gasteiger partial charge in [-0.1, -0.05) is 13.8 Å². The third-order valence-corrected chi connectivity index (χ3v) is 3.07. The van der Waals surface area contributed by atoms with E-state index in [2.05, 4.69) is 19.2 Å². The van der Waals surface area contributed by atoms with Crippen molar-refractivity contribution in [1.29, 1.82) is 0 Å². The Morgan fingerprint density at radius 3 is 2.60 bits per heavy atom. The highest BCUT2D eigenvalue weighted by Gasteiger charge is 2.42. The zero-order valence-corrected chi connectivity index (χ0v) is 6.93. The fourth-order valence-electron chi connectivity index (χ4n) is 2.07. The summed E-state index contributed by atoms with van der Waals surface area (Å²) < 4.78 is 0. The van der Waals surface area contributed by atoms with E-state index in [0.717, 1.165) is 23.8 Å². The Kier molecular flexibility index (Phi) is 1.48. The van der Waals surface area contributed by atoms with Crippen LogP contribution in [-0.2, 0) is 0 Å². The predicted molar refractivity (Wildman–Crippen MR) is 42.8 cm³/mol. The van der Waals surface area contributed by atoms with Gasteiger partial charge >= 0.3 is 0 Å². The second-order valence-electron chi connectivity index (χ2n) is 4.25. The second kappa shape index (κ2) is 2.23. The zero-order valence-electron chi connectivity index (χ0n) is 6.93. The molecule has 0 aromatic carbocycles. The van der Waals surface area contributed by atoms with Crippen molar-refractivity contribution in [2.24, 2.45) is 17.8 Å². The maximum Gasteiger partial charge on any atom is 0.00929 e. The molecule has 1 nitrogen and oxygen atoms in total. The molecule has 58 valence electrons. The lowest BCUT2D eigenvalue weighted by Crippen LogP contribution is -2.39. The predicted octanol–water partition coefficient (Wildman–Crippen LogP) is 1.64. The summed E-state index contributed by atoms with van der Waals surface area (Å²) in [6.07, 6.45) is 2.96. The molecule has 1 heterocycles. The van der Waals surface area contributed by atoms with E-state index in [1.807, 2.05) is 0 Å². The van der Waals surface area contributed by atoms with Crippen molar-refractivity contribution in [3.8, 4) is 0 Å². The van der Waals surface area contributed by atoms with Gasteiger partial charge in [-0.3, -0.25) is 0 Å². The van der Waals surface area contributed by atoms with Gasteiger partial charge in [0.1, 0.15) is 0 Å². The largest absolute Gasteiger partial charge is 0.313 e. The summed E-state index contributed by atoms with van der Waals surface area (Å²) in [4.78, 5) is 0. The third-order valence-electron chi connectivity index (χ3n) is 3.07. The first-order valence-electron chi connectivity index (χ1n) is 4.50. The van der Waals surface area contributed by atoms with Crippen LogP contribution in [-0.4, -0.2) is 12.6 Å². The average molecular weight is 139 g/mol. The van der Waals surface area contributed by atoms with Gasteiger partial charge < -0.3 is 5.32 Å². The van der Waals surface area contributed by atoms with Crippen molar-refractivity contribution in [1.82, 2.24) is 5.32 Å². The van der Waals surface area contributed by atoms with Gasteiger partial charge in [0.15, 0.2) is 0 Å². The van der Waals surface area contributed by atoms with Crippen molar-refractivity contribution in [3.05, 3.63) is 0 Å². The van der Waals surface area contributed by atoms with Crippen molar-refractivity contribution < 1.29 is 0 Å². The molecule has 0 aromatic rings. The summed E-state index contributed by atoms with van der Waals surface area (Å²) in [5, 5.41) is 3.61. The van der Waals surface area contributed by atoms with Crippen molar-refractivity contribution >= 4 is 0 Å². The van der Waals surface area contributed by atoms with Crippen molar-refractivity contribution in [2.75, 3.05) is 6.54 Å². The molecule has 3 atom stereocenters. The summed E-state index contributed by atoms with van der Waals surface area (Å²) in [5.41, 5.74) is 0. The molecule has 1 saturated heterocycles. The van der Waals surface area contributed by atoms with Gasteiger partial charge in [-0.25, -0.2) is 0 Å². The second-order valence-corrected chi connectivity index (χ2v) is 4.25. The van der Waals surface area contributed by atoms with Crippen LogP contribution in [0.3, 0.4) is 0 Å². The number of rotatable bonds is 1. The van der Waals surface area contributed by atoms with E-state index in [1.165, 1.54) is 19.4 Å². The lowest BCUT2D eigenvalue weighted by Gasteiger charge is -2.26. The molecule has 3 unspecified atom stereocenters. The molecule has 1 N–H and O–H groups in total. The molecule has 0 spiro atoms. The summed E-state index contributed by atoms with van der Waals surface area (Å²) in [7, 11) is 0. The zero-order chi connectivity index (χ0) is 7.14. The fourth-order valence-corrected chi connectivity index (χ4v) is 2.07. The van der Waals surface area contributed by atoms with Crippen LogP contribution in [0.1, 0.15) is 26.7 Å². The fraction of sp³-hybridized carbons (Fsp3) is 1.00. The Morgan fingerprint density at radius 1 is 1.20 bits per heavy atom. The van der Waals surface area contributed by atoms with E-state index in [4.69, 9.17) is 0 Å². The Balaban J connectivity index is 1.88. The molecule has 2 rings (SSSR count). The Morgan fingerprint density at radius 2 is 2.00 bits per heavy atom. The molecule has 2 fully saturated rings. The quantitative estimate of drug-likeness (QED) is 0.582. The molecule has 2 aliphatic rings. The minimum Gasteiger partial charge on any atom is -0.313 e. The number of nitrogens with one attached hydrogen (secondary N) is 1. The van der Waals surface area contributed by atoms with Crippen LogP contribution in [0.4, 0.5) is 0 Å². The summed E-state index contributed by atoms with van der Waals surface area (Å²) in [6, 6.07) is 0.823. The monoisotopic (exact) mass is 139 g/mol. The maximum absolute atomic E-state index is 3.61. The molecule has 0 radical (unpaired) electrons. The van der Waals surface area contributed by atoms with E-state index in [-0.39, 0.29) is 0 Å². The first kappa shape index (κ1) is 6.66. The molecule has 10 heavy (non-hydrogen) atoms. The minimum atomic E-state index is 0.823. The minimum absolute atomic E-state index is 0.823. The van der Waals surface area contributed by atoms with Gasteiger partial charge in [-0.15, -0.1) is 0 Å². The maximum atomic E-state index is 3.61. The molecule has 1 aliphatic heterocycles. The molecule has 1 saturated carbocycles. The van der Waals surface area contributed by atoms with Crippen LogP contribution < -0.4 is 5.32 Å². The first-order chi connectivity index (χ1) is 4.77. The molecule has 1 aliphatic carbocycles. The smallest absolute Gasteiger partial charge is 0.00929 e. The van der Waals surface area contributed by atoms with Crippen molar-refractivity contribution in [3.63, 3.8) is 0 Å². The molecule has 0 aromatic heterocycles. The highest BCUT2D eigenvalue weighted by Crippen LogP contribution is 2.44. The molecule has 0 amide bonds. The van der Waals surface area contributed by atoms with E-state index in [1.54, 1.807) is 0 Å². The number of piperidine rings is 1. The van der Waals surface area contributed by atoms with Gasteiger partial charge in [-0.2, -0.15) is 0 Å². The van der Waals surface area contributed by atoms with E-state index >= 15 is 0 Å². The first-order valence-corrected chi connectivity index (χ1v) is 4.50. The van der Waals surface area contributed by atoms with Crippen LogP contribution >= 0.6 is 0 Å². The van der Waals surface area contributed by atoms with Crippen LogP contribution in [0.5, 0.6) is 0 Å². The lowest BCUT2D eigenvalue weighted by atomic mass is 9.95. The van der Waals surface area contributed by atoms with Crippen LogP contribution in [0.2, 0.25) is 0 Å². The van der Waals surface area contributed by atoms with Crippen LogP contribution in [0.25, 0.3) is 0 Å². The van der Waals surface area contributed by atoms with Gasteiger partial charge in [0.2, 0.25) is 0 Å². The SMILES string of the molecule is CC(C)C1CC2CC2CN1. The topological polar surface area (TPSA) is 12.0 Å². The normalized spacial score (nSPS) is 45.3. The average Bonchev–Trinajstić information content (AvgIpc) is 2.63. The highest BCUT2D eigenvalue weighted by atomic mass is 15.0. The highest BCUT2D eigenvalue weighted by molar-refractivity contribution is 4.96. The van der Waals surface area contributed by atoms with Gasteiger partial charge in [0.05, 0.1) is 0 Å². The standard InChI is InChI=1S/C9H17N/c1-6(2)9-4-7-3-8(7)5-10-9/h6-10H,3-5H2,1-2H3. The van der Waals surface area contributed by atoms with E-state index in [9.17, 15) is 0 Å². The van der Waals surface area contributed by atoms with Crippen LogP contribution in [0.15, 0.2) is 0 Å². The summed E-state index contributed by atoms with van der Waals surface area (Å²) in [5.74, 6) is 3.00. The Labute approximate surface area is 63.2 Å². The molecule has 1 heteroatoms. The molecule has 0 bridgehead atoms. The van der Waals surface area contributed by atoms with Crippen LogP contribution in [0, 0.1) is 17.8 Å². The number of fused-ring (bicyclic) bond motifs is 1. The van der Waals surface area contributed by atoms with Gasteiger partial charge in [0, 0.05) is 6.04 Å². The Hall–Kier alpha value is -0.0400. The number of hydrogen-bond donors (Lipinski definition) is 1. The Bertz CT molecular complexity index is 131. The molecular weight excluding hydrogens is 122 g/mol. The van der Waals surface area contributed by atoms with Gasteiger partial charge in [0.25, 0.3) is 0 Å². The third kappa shape index (κ3) is 1.07.